The lowest BCUT2D eigenvalue weighted by Crippen LogP contribution is -2.24. The zero-order valence-corrected chi connectivity index (χ0v) is 28.0. The van der Waals surface area contributed by atoms with Crippen LogP contribution >= 0.6 is 0 Å². The Balaban J connectivity index is 1.21. The first-order valence-corrected chi connectivity index (χ1v) is 17.7. The van der Waals surface area contributed by atoms with Gasteiger partial charge in [0, 0.05) is 56.2 Å². The van der Waals surface area contributed by atoms with Crippen LogP contribution in [0.2, 0.25) is 0 Å². The second-order valence-electron chi connectivity index (χ2n) is 14.9. The van der Waals surface area contributed by atoms with Crippen molar-refractivity contribution in [3.8, 4) is 22.5 Å². The molecule has 3 heteroatoms. The van der Waals surface area contributed by atoms with Crippen LogP contribution in [0.1, 0.15) is 53.2 Å². The highest BCUT2D eigenvalue weighted by Crippen LogP contribution is 2.51. The highest BCUT2D eigenvalue weighted by molar-refractivity contribution is 6.15. The van der Waals surface area contributed by atoms with Crippen LogP contribution in [0.5, 0.6) is 0 Å². The first kappa shape index (κ1) is 28.0. The van der Waals surface area contributed by atoms with Gasteiger partial charge in [-0.05, 0) is 94.4 Å². The van der Waals surface area contributed by atoms with E-state index in [9.17, 15) is 4.79 Å². The molecular formula is C47H34N2O. The standard InChI is InChI=1S/C47H34N2O/c1-47(2)40-18-10-8-16-32(40)35-25-38-36-23-30(20-21-43(36)48(45(38)27-41(35)47)29-13-4-3-5-14-29)49-42-19-11-9-17-33(42)37-24-34-31-15-7-6-12-28(31)22-46(50)39(34)26-44(37)49/h3-21,23-28,31H,22H2,1-2H3. The molecule has 2 aromatic heterocycles. The monoisotopic (exact) mass is 642 g/mol. The summed E-state index contributed by atoms with van der Waals surface area (Å²) in [6.07, 6.45) is 9.25. The van der Waals surface area contributed by atoms with Crippen LogP contribution < -0.4 is 0 Å². The lowest BCUT2D eigenvalue weighted by Gasteiger charge is -2.30. The highest BCUT2D eigenvalue weighted by Gasteiger charge is 2.36. The van der Waals surface area contributed by atoms with Crippen molar-refractivity contribution in [2.45, 2.75) is 31.6 Å². The lowest BCUT2D eigenvalue weighted by molar-refractivity contribution is 0.0954. The number of carbonyl (C=O) groups excluding carboxylic acids is 1. The molecule has 0 amide bonds. The van der Waals surface area contributed by atoms with Crippen molar-refractivity contribution in [1.82, 2.24) is 9.13 Å². The number of hydrogen-bond acceptors (Lipinski definition) is 1. The quantitative estimate of drug-likeness (QED) is 0.184. The topological polar surface area (TPSA) is 26.9 Å². The maximum absolute atomic E-state index is 13.7. The van der Waals surface area contributed by atoms with Gasteiger partial charge in [-0.25, -0.2) is 0 Å². The molecule has 0 N–H and O–H groups in total. The molecule has 3 aliphatic carbocycles. The van der Waals surface area contributed by atoms with Crippen LogP contribution in [-0.2, 0) is 5.41 Å². The summed E-state index contributed by atoms with van der Waals surface area (Å²) >= 11 is 0. The first-order chi connectivity index (χ1) is 24.5. The van der Waals surface area contributed by atoms with Gasteiger partial charge >= 0.3 is 0 Å². The molecular weight excluding hydrogens is 609 g/mol. The zero-order valence-electron chi connectivity index (χ0n) is 28.0. The van der Waals surface area contributed by atoms with Crippen LogP contribution in [0.3, 0.4) is 0 Å². The van der Waals surface area contributed by atoms with Gasteiger partial charge in [-0.15, -0.1) is 0 Å². The molecule has 8 aromatic rings. The maximum Gasteiger partial charge on any atom is 0.163 e. The number of para-hydroxylation sites is 2. The number of allylic oxidation sites excluding steroid dienone is 4. The molecule has 238 valence electrons. The third-order valence-corrected chi connectivity index (χ3v) is 11.9. The van der Waals surface area contributed by atoms with Crippen LogP contribution in [0, 0.1) is 5.92 Å². The van der Waals surface area contributed by atoms with Crippen LogP contribution in [-0.4, -0.2) is 14.9 Å². The second-order valence-corrected chi connectivity index (χ2v) is 14.9. The van der Waals surface area contributed by atoms with Gasteiger partial charge in [0.25, 0.3) is 0 Å². The normalized spacial score (nSPS) is 18.6. The number of aromatic nitrogens is 2. The van der Waals surface area contributed by atoms with Gasteiger partial charge in [0.05, 0.1) is 22.1 Å². The SMILES string of the molecule is CC1(C)c2ccccc2-c2cc3c4cc(-n5c6ccccc6c6cc7c(cc65)C(=O)CC5C=CC=CC75)ccc4n(-c4ccccc4)c3cc21. The summed E-state index contributed by atoms with van der Waals surface area (Å²) in [7, 11) is 0. The fourth-order valence-corrected chi connectivity index (χ4v) is 9.53. The molecule has 0 bridgehead atoms. The summed E-state index contributed by atoms with van der Waals surface area (Å²) in [6, 6.07) is 44.6. The van der Waals surface area contributed by atoms with Crippen LogP contribution in [0.15, 0.2) is 146 Å². The van der Waals surface area contributed by atoms with E-state index in [0.29, 0.717) is 6.42 Å². The number of fused-ring (bicyclic) bond motifs is 12. The fraction of sp³-hybridized carbons (Fsp3) is 0.128. The molecule has 11 rings (SSSR count). The average molecular weight is 643 g/mol. The Labute approximate surface area is 290 Å². The Morgan fingerprint density at radius 1 is 0.540 bits per heavy atom. The summed E-state index contributed by atoms with van der Waals surface area (Å²) in [6.45, 7) is 4.70. The van der Waals surface area contributed by atoms with E-state index in [4.69, 9.17) is 0 Å². The maximum atomic E-state index is 13.7. The van der Waals surface area contributed by atoms with Crippen LogP contribution in [0.4, 0.5) is 0 Å². The van der Waals surface area contributed by atoms with Crippen LogP contribution in [0.25, 0.3) is 66.1 Å². The highest BCUT2D eigenvalue weighted by atomic mass is 16.1. The molecule has 50 heavy (non-hydrogen) atoms. The second kappa shape index (κ2) is 9.83. The van der Waals surface area contributed by atoms with E-state index in [2.05, 4.69) is 169 Å². The Morgan fingerprint density at radius 3 is 2.14 bits per heavy atom. The van der Waals surface area contributed by atoms with E-state index >= 15 is 0 Å². The Hall–Kier alpha value is -5.93. The van der Waals surface area contributed by atoms with Crippen molar-refractivity contribution in [2.75, 3.05) is 0 Å². The zero-order chi connectivity index (χ0) is 33.3. The van der Waals surface area contributed by atoms with Crippen molar-refractivity contribution < 1.29 is 4.79 Å². The molecule has 0 spiro atoms. The molecule has 0 fully saturated rings. The van der Waals surface area contributed by atoms with Gasteiger partial charge in [-0.1, -0.05) is 98.8 Å². The summed E-state index contributed by atoms with van der Waals surface area (Å²) in [5.74, 6) is 0.698. The average Bonchev–Trinajstić information content (AvgIpc) is 3.73. The van der Waals surface area contributed by atoms with Gasteiger partial charge in [0.1, 0.15) is 0 Å². The number of ketones is 1. The molecule has 3 aliphatic rings. The number of Topliss-reactive ketones (excluding diaryl/α,β-unsaturated/α-hetero) is 1. The van der Waals surface area contributed by atoms with Gasteiger partial charge < -0.3 is 9.13 Å². The van der Waals surface area contributed by atoms with Gasteiger partial charge in [-0.3, -0.25) is 4.79 Å². The predicted molar refractivity (Wildman–Crippen MR) is 206 cm³/mol. The Kier molecular flexibility index (Phi) is 5.50. The largest absolute Gasteiger partial charge is 0.309 e. The Bertz CT molecular complexity index is 2840. The number of nitrogens with zero attached hydrogens (tertiary/aromatic N) is 2. The minimum Gasteiger partial charge on any atom is -0.309 e. The van der Waals surface area contributed by atoms with Crippen molar-refractivity contribution in [3.63, 3.8) is 0 Å². The minimum absolute atomic E-state index is 0.0908. The minimum atomic E-state index is -0.0908. The summed E-state index contributed by atoms with van der Waals surface area (Å²) in [5.41, 5.74) is 14.2. The molecule has 0 saturated heterocycles. The van der Waals surface area contributed by atoms with E-state index in [0.717, 1.165) is 33.5 Å². The number of carbonyl (C=O) groups is 1. The predicted octanol–water partition coefficient (Wildman–Crippen LogP) is 11.6. The summed E-state index contributed by atoms with van der Waals surface area (Å²) in [4.78, 5) is 13.7. The lowest BCUT2D eigenvalue weighted by atomic mass is 9.72. The van der Waals surface area contributed by atoms with E-state index in [1.165, 1.54) is 54.8 Å². The van der Waals surface area contributed by atoms with E-state index in [1.54, 1.807) is 0 Å². The van der Waals surface area contributed by atoms with Crippen molar-refractivity contribution in [1.29, 1.82) is 0 Å². The van der Waals surface area contributed by atoms with E-state index in [1.807, 2.05) is 0 Å². The van der Waals surface area contributed by atoms with Gasteiger partial charge in [0.15, 0.2) is 5.78 Å². The smallest absolute Gasteiger partial charge is 0.163 e. The number of hydrogen-bond donors (Lipinski definition) is 0. The molecule has 0 radical (unpaired) electrons. The summed E-state index contributed by atoms with van der Waals surface area (Å²) < 4.78 is 4.80. The van der Waals surface area contributed by atoms with Crippen molar-refractivity contribution >= 4 is 49.4 Å². The molecule has 3 nitrogen and oxygen atoms in total. The van der Waals surface area contributed by atoms with Crippen molar-refractivity contribution in [2.24, 2.45) is 5.92 Å². The van der Waals surface area contributed by atoms with E-state index in [-0.39, 0.29) is 23.0 Å². The first-order valence-electron chi connectivity index (χ1n) is 17.7. The molecule has 2 atom stereocenters. The third-order valence-electron chi connectivity index (χ3n) is 11.9. The number of rotatable bonds is 2. The fourth-order valence-electron chi connectivity index (χ4n) is 9.53. The molecule has 6 aromatic carbocycles. The molecule has 0 aliphatic heterocycles. The molecule has 0 saturated carbocycles. The molecule has 2 unspecified atom stereocenters. The summed E-state index contributed by atoms with van der Waals surface area (Å²) in [5, 5.41) is 4.86. The molecule has 2 heterocycles. The third kappa shape index (κ3) is 3.62. The van der Waals surface area contributed by atoms with Crippen molar-refractivity contribution in [3.05, 3.63) is 168 Å². The Morgan fingerprint density at radius 2 is 1.24 bits per heavy atom. The van der Waals surface area contributed by atoms with E-state index < -0.39 is 0 Å². The number of benzene rings is 6. The van der Waals surface area contributed by atoms with Gasteiger partial charge in [-0.2, -0.15) is 0 Å². The van der Waals surface area contributed by atoms with Gasteiger partial charge in [0.2, 0.25) is 0 Å².